The van der Waals surface area contributed by atoms with E-state index in [2.05, 4.69) is 43.4 Å². The summed E-state index contributed by atoms with van der Waals surface area (Å²) in [5.74, 6) is 0.714. The third-order valence-corrected chi connectivity index (χ3v) is 3.71. The minimum Gasteiger partial charge on any atom is -0.497 e. The molecule has 2 aromatic carbocycles. The molecule has 0 atom stereocenters. The SMILES string of the molecule is CC/C(=C\C(=O)NCc1cccc(OC)c1)c1ccc(C)cc1. The highest BCUT2D eigenvalue weighted by molar-refractivity contribution is 5.95. The van der Waals surface area contributed by atoms with E-state index >= 15 is 0 Å². The number of hydrogen-bond donors (Lipinski definition) is 1. The molecule has 0 aliphatic heterocycles. The van der Waals surface area contributed by atoms with Gasteiger partial charge in [0.15, 0.2) is 0 Å². The minimum atomic E-state index is -0.0785. The molecule has 23 heavy (non-hydrogen) atoms. The van der Waals surface area contributed by atoms with Crippen molar-refractivity contribution in [2.24, 2.45) is 0 Å². The first kappa shape index (κ1) is 16.8. The van der Waals surface area contributed by atoms with Gasteiger partial charge in [-0.15, -0.1) is 0 Å². The highest BCUT2D eigenvalue weighted by Crippen LogP contribution is 2.18. The molecule has 0 saturated heterocycles. The van der Waals surface area contributed by atoms with Crippen molar-refractivity contribution in [3.63, 3.8) is 0 Å². The Morgan fingerprint density at radius 3 is 2.57 bits per heavy atom. The third-order valence-electron chi connectivity index (χ3n) is 3.71. The molecule has 3 nitrogen and oxygen atoms in total. The summed E-state index contributed by atoms with van der Waals surface area (Å²) in [5, 5.41) is 2.93. The van der Waals surface area contributed by atoms with Gasteiger partial charge in [-0.2, -0.15) is 0 Å². The molecule has 2 rings (SSSR count). The molecule has 0 aliphatic carbocycles. The zero-order chi connectivity index (χ0) is 16.7. The molecule has 0 bridgehead atoms. The van der Waals surface area contributed by atoms with Crippen LogP contribution in [-0.2, 0) is 11.3 Å². The maximum atomic E-state index is 12.2. The molecule has 0 heterocycles. The topological polar surface area (TPSA) is 38.3 Å². The van der Waals surface area contributed by atoms with Gasteiger partial charge < -0.3 is 10.1 Å². The van der Waals surface area contributed by atoms with Crippen molar-refractivity contribution in [3.8, 4) is 5.75 Å². The first-order valence-corrected chi connectivity index (χ1v) is 7.80. The Labute approximate surface area is 138 Å². The van der Waals surface area contributed by atoms with Crippen molar-refractivity contribution in [3.05, 3.63) is 71.3 Å². The second-order valence-electron chi connectivity index (χ2n) is 5.46. The standard InChI is InChI=1S/C20H23NO2/c1-4-17(18-10-8-15(2)9-11-18)13-20(22)21-14-16-6-5-7-19(12-16)23-3/h5-13H,4,14H2,1-3H3,(H,21,22)/b17-13+. The van der Waals surface area contributed by atoms with Gasteiger partial charge >= 0.3 is 0 Å². The van der Waals surface area contributed by atoms with Crippen LogP contribution >= 0.6 is 0 Å². The molecule has 2 aromatic rings. The normalized spacial score (nSPS) is 11.2. The molecule has 120 valence electrons. The molecule has 1 N–H and O–H groups in total. The van der Waals surface area contributed by atoms with Gasteiger partial charge in [0.2, 0.25) is 5.91 Å². The molecule has 1 amide bonds. The van der Waals surface area contributed by atoms with Gasteiger partial charge in [0, 0.05) is 12.6 Å². The quantitative estimate of drug-likeness (QED) is 0.815. The lowest BCUT2D eigenvalue weighted by molar-refractivity contribution is -0.116. The van der Waals surface area contributed by atoms with Crippen molar-refractivity contribution in [2.75, 3.05) is 7.11 Å². The fourth-order valence-corrected chi connectivity index (χ4v) is 2.34. The largest absolute Gasteiger partial charge is 0.497 e. The molecule has 0 spiro atoms. The van der Waals surface area contributed by atoms with E-state index in [1.807, 2.05) is 24.3 Å². The van der Waals surface area contributed by atoms with E-state index in [9.17, 15) is 4.79 Å². The lowest BCUT2D eigenvalue weighted by atomic mass is 10.0. The fourth-order valence-electron chi connectivity index (χ4n) is 2.34. The van der Waals surface area contributed by atoms with E-state index in [0.717, 1.165) is 28.9 Å². The molecule has 0 fully saturated rings. The van der Waals surface area contributed by atoms with E-state index < -0.39 is 0 Å². The number of allylic oxidation sites excluding steroid dienone is 1. The minimum absolute atomic E-state index is 0.0785. The highest BCUT2D eigenvalue weighted by Gasteiger charge is 2.04. The Morgan fingerprint density at radius 1 is 1.17 bits per heavy atom. The van der Waals surface area contributed by atoms with Crippen LogP contribution in [0.4, 0.5) is 0 Å². The van der Waals surface area contributed by atoms with Gasteiger partial charge in [-0.3, -0.25) is 4.79 Å². The van der Waals surface area contributed by atoms with E-state index in [-0.39, 0.29) is 5.91 Å². The summed E-state index contributed by atoms with van der Waals surface area (Å²) in [6, 6.07) is 15.9. The van der Waals surface area contributed by atoms with Crippen LogP contribution in [-0.4, -0.2) is 13.0 Å². The Kier molecular flexibility index (Phi) is 5.98. The molecule has 0 saturated carbocycles. The van der Waals surface area contributed by atoms with Crippen LogP contribution in [0, 0.1) is 6.92 Å². The van der Waals surface area contributed by atoms with Gasteiger partial charge in [-0.1, -0.05) is 48.9 Å². The predicted molar refractivity (Wildman–Crippen MR) is 94.3 cm³/mol. The monoisotopic (exact) mass is 309 g/mol. The second-order valence-corrected chi connectivity index (χ2v) is 5.46. The summed E-state index contributed by atoms with van der Waals surface area (Å²) in [5.41, 5.74) is 4.36. The van der Waals surface area contributed by atoms with Crippen LogP contribution in [0.15, 0.2) is 54.6 Å². The molecular formula is C20H23NO2. The molecular weight excluding hydrogens is 286 g/mol. The van der Waals surface area contributed by atoms with Crippen LogP contribution in [0.1, 0.15) is 30.0 Å². The lowest BCUT2D eigenvalue weighted by Crippen LogP contribution is -2.20. The Morgan fingerprint density at radius 2 is 1.91 bits per heavy atom. The zero-order valence-corrected chi connectivity index (χ0v) is 13.9. The summed E-state index contributed by atoms with van der Waals surface area (Å²) in [6.07, 6.45) is 2.50. The highest BCUT2D eigenvalue weighted by atomic mass is 16.5. The number of carbonyl (C=O) groups is 1. The number of hydrogen-bond acceptors (Lipinski definition) is 2. The summed E-state index contributed by atoms with van der Waals surface area (Å²) in [6.45, 7) is 4.60. The molecule has 3 heteroatoms. The number of nitrogens with one attached hydrogen (secondary N) is 1. The summed E-state index contributed by atoms with van der Waals surface area (Å²) in [7, 11) is 1.63. The summed E-state index contributed by atoms with van der Waals surface area (Å²) in [4.78, 5) is 12.2. The van der Waals surface area contributed by atoms with Gasteiger partial charge in [-0.05, 0) is 42.2 Å². The maximum absolute atomic E-state index is 12.2. The molecule has 0 unspecified atom stereocenters. The first-order chi connectivity index (χ1) is 11.1. The van der Waals surface area contributed by atoms with Gasteiger partial charge in [-0.25, -0.2) is 0 Å². The van der Waals surface area contributed by atoms with E-state index in [1.54, 1.807) is 13.2 Å². The molecule has 0 aliphatic rings. The Balaban J connectivity index is 2.02. The van der Waals surface area contributed by atoms with Gasteiger partial charge in [0.05, 0.1) is 7.11 Å². The number of amides is 1. The number of ether oxygens (including phenoxy) is 1. The lowest BCUT2D eigenvalue weighted by Gasteiger charge is -2.08. The van der Waals surface area contributed by atoms with Crippen molar-refractivity contribution in [1.29, 1.82) is 0 Å². The number of methoxy groups -OCH3 is 1. The van der Waals surface area contributed by atoms with Crippen LogP contribution in [0.3, 0.4) is 0 Å². The van der Waals surface area contributed by atoms with Crippen LogP contribution in [0.2, 0.25) is 0 Å². The van der Waals surface area contributed by atoms with Crippen molar-refractivity contribution in [2.45, 2.75) is 26.8 Å². The third kappa shape index (κ3) is 4.99. The van der Waals surface area contributed by atoms with E-state index in [1.165, 1.54) is 5.56 Å². The maximum Gasteiger partial charge on any atom is 0.244 e. The van der Waals surface area contributed by atoms with Crippen LogP contribution < -0.4 is 10.1 Å². The van der Waals surface area contributed by atoms with Crippen molar-refractivity contribution < 1.29 is 9.53 Å². The predicted octanol–water partition coefficient (Wildman–Crippen LogP) is 4.11. The number of aryl methyl sites for hydroxylation is 1. The number of carbonyl (C=O) groups excluding carboxylic acids is 1. The van der Waals surface area contributed by atoms with Crippen molar-refractivity contribution >= 4 is 11.5 Å². The summed E-state index contributed by atoms with van der Waals surface area (Å²) >= 11 is 0. The Hall–Kier alpha value is -2.55. The smallest absolute Gasteiger partial charge is 0.244 e. The first-order valence-electron chi connectivity index (χ1n) is 7.80. The average Bonchev–Trinajstić information content (AvgIpc) is 2.59. The van der Waals surface area contributed by atoms with E-state index in [0.29, 0.717) is 6.54 Å². The van der Waals surface area contributed by atoms with Gasteiger partial charge in [0.1, 0.15) is 5.75 Å². The fraction of sp³-hybridized carbons (Fsp3) is 0.250. The summed E-state index contributed by atoms with van der Waals surface area (Å²) < 4.78 is 5.19. The number of rotatable bonds is 6. The zero-order valence-electron chi connectivity index (χ0n) is 13.9. The van der Waals surface area contributed by atoms with Crippen molar-refractivity contribution in [1.82, 2.24) is 5.32 Å². The number of benzene rings is 2. The van der Waals surface area contributed by atoms with E-state index in [4.69, 9.17) is 4.74 Å². The Bertz CT molecular complexity index is 687. The van der Waals surface area contributed by atoms with Crippen LogP contribution in [0.25, 0.3) is 5.57 Å². The molecule has 0 radical (unpaired) electrons. The van der Waals surface area contributed by atoms with Gasteiger partial charge in [0.25, 0.3) is 0 Å². The van der Waals surface area contributed by atoms with Crippen LogP contribution in [0.5, 0.6) is 5.75 Å². The average molecular weight is 309 g/mol. The second kappa shape index (κ2) is 8.18. The molecule has 0 aromatic heterocycles.